The molecule has 3 aromatic rings. The van der Waals surface area contributed by atoms with Crippen molar-refractivity contribution in [3.05, 3.63) is 58.6 Å². The number of rotatable bonds is 8. The van der Waals surface area contributed by atoms with Gasteiger partial charge in [0.1, 0.15) is 0 Å². The third kappa shape index (κ3) is 4.19. The van der Waals surface area contributed by atoms with E-state index in [0.717, 1.165) is 5.56 Å². The molecule has 0 bridgehead atoms. The van der Waals surface area contributed by atoms with Gasteiger partial charge in [0.05, 0.1) is 19.7 Å². The van der Waals surface area contributed by atoms with Gasteiger partial charge in [-0.05, 0) is 36.2 Å². The minimum atomic E-state index is -0.443. The molecule has 2 aromatic carbocycles. The third-order valence-corrected chi connectivity index (χ3v) is 4.73. The fourth-order valence-electron chi connectivity index (χ4n) is 3.08. The molecule has 0 aliphatic rings. The molecule has 0 aliphatic carbocycles. The van der Waals surface area contributed by atoms with Gasteiger partial charge in [-0.2, -0.15) is 0 Å². The Morgan fingerprint density at radius 2 is 1.86 bits per heavy atom. The molecule has 1 amide bonds. The number of nitrogens with zero attached hydrogens (tertiary/aromatic N) is 2. The first kappa shape index (κ1) is 19.5. The van der Waals surface area contributed by atoms with Crippen LogP contribution in [0.1, 0.15) is 12.0 Å². The standard InChI is InChI=1S/C21H24N2O5/c1-22(12-10-15-8-9-18(26-2)19(14-15)27-3)20(24)11-13-23-16-6-4-5-7-17(16)28-21(23)25/h4-9,14H,10-13H2,1-3H3. The van der Waals surface area contributed by atoms with E-state index in [-0.39, 0.29) is 18.9 Å². The largest absolute Gasteiger partial charge is 0.493 e. The Labute approximate surface area is 163 Å². The molecule has 1 aromatic heterocycles. The fraction of sp³-hybridized carbons (Fsp3) is 0.333. The molecule has 148 valence electrons. The van der Waals surface area contributed by atoms with Crippen LogP contribution in [0.25, 0.3) is 11.1 Å². The Morgan fingerprint density at radius 1 is 1.11 bits per heavy atom. The Balaban J connectivity index is 1.57. The van der Waals surface area contributed by atoms with Gasteiger partial charge in [-0.15, -0.1) is 0 Å². The van der Waals surface area contributed by atoms with Crippen LogP contribution in [-0.2, 0) is 17.8 Å². The molecule has 0 saturated carbocycles. The van der Waals surface area contributed by atoms with Gasteiger partial charge in [0.15, 0.2) is 17.1 Å². The number of oxazole rings is 1. The lowest BCUT2D eigenvalue weighted by Gasteiger charge is -2.18. The number of aromatic nitrogens is 1. The Morgan fingerprint density at radius 3 is 2.61 bits per heavy atom. The van der Waals surface area contributed by atoms with Crippen molar-refractivity contribution in [1.29, 1.82) is 0 Å². The van der Waals surface area contributed by atoms with Crippen molar-refractivity contribution in [2.45, 2.75) is 19.4 Å². The number of amides is 1. The van der Waals surface area contributed by atoms with Crippen LogP contribution in [0.15, 0.2) is 51.7 Å². The van der Waals surface area contributed by atoms with Crippen LogP contribution in [0.2, 0.25) is 0 Å². The Hall–Kier alpha value is -3.22. The summed E-state index contributed by atoms with van der Waals surface area (Å²) in [4.78, 5) is 26.1. The number of fused-ring (bicyclic) bond motifs is 1. The second-order valence-corrected chi connectivity index (χ2v) is 6.49. The van der Waals surface area contributed by atoms with Gasteiger partial charge in [-0.1, -0.05) is 18.2 Å². The first-order valence-corrected chi connectivity index (χ1v) is 9.06. The number of hydrogen-bond donors (Lipinski definition) is 0. The van der Waals surface area contributed by atoms with Gasteiger partial charge in [0.25, 0.3) is 0 Å². The molecule has 0 fully saturated rings. The molecule has 0 saturated heterocycles. The molecule has 1 heterocycles. The highest BCUT2D eigenvalue weighted by molar-refractivity contribution is 5.76. The van der Waals surface area contributed by atoms with Crippen LogP contribution < -0.4 is 15.2 Å². The van der Waals surface area contributed by atoms with Crippen LogP contribution in [-0.4, -0.2) is 43.2 Å². The molecule has 0 unspecified atom stereocenters. The predicted octanol–water partition coefficient (Wildman–Crippen LogP) is 2.70. The van der Waals surface area contributed by atoms with Crippen molar-refractivity contribution in [3.63, 3.8) is 0 Å². The number of hydrogen-bond acceptors (Lipinski definition) is 5. The lowest BCUT2D eigenvalue weighted by Crippen LogP contribution is -2.30. The van der Waals surface area contributed by atoms with Crippen LogP contribution in [0.3, 0.4) is 0 Å². The van der Waals surface area contributed by atoms with Gasteiger partial charge < -0.3 is 18.8 Å². The minimum Gasteiger partial charge on any atom is -0.493 e. The van der Waals surface area contributed by atoms with E-state index in [0.29, 0.717) is 35.6 Å². The van der Waals surface area contributed by atoms with Crippen LogP contribution in [0, 0.1) is 0 Å². The van der Waals surface area contributed by atoms with Crippen LogP contribution in [0.5, 0.6) is 11.5 Å². The second-order valence-electron chi connectivity index (χ2n) is 6.49. The van der Waals surface area contributed by atoms with E-state index in [4.69, 9.17) is 13.9 Å². The summed E-state index contributed by atoms with van der Waals surface area (Å²) >= 11 is 0. The highest BCUT2D eigenvalue weighted by Crippen LogP contribution is 2.27. The first-order valence-electron chi connectivity index (χ1n) is 9.06. The lowest BCUT2D eigenvalue weighted by atomic mass is 10.1. The van der Waals surface area contributed by atoms with E-state index in [9.17, 15) is 9.59 Å². The van der Waals surface area contributed by atoms with E-state index in [1.807, 2.05) is 36.4 Å². The predicted molar refractivity (Wildman–Crippen MR) is 106 cm³/mol. The van der Waals surface area contributed by atoms with Crippen molar-refractivity contribution < 1.29 is 18.7 Å². The first-order chi connectivity index (χ1) is 13.5. The van der Waals surface area contributed by atoms with E-state index in [1.165, 1.54) is 4.57 Å². The smallest absolute Gasteiger partial charge is 0.419 e. The van der Waals surface area contributed by atoms with Crippen molar-refractivity contribution in [1.82, 2.24) is 9.47 Å². The summed E-state index contributed by atoms with van der Waals surface area (Å²) in [7, 11) is 4.96. The van der Waals surface area contributed by atoms with E-state index in [1.54, 1.807) is 32.2 Å². The number of likely N-dealkylation sites (N-methyl/N-ethyl adjacent to an activating group) is 1. The summed E-state index contributed by atoms with van der Waals surface area (Å²) in [6.07, 6.45) is 0.920. The third-order valence-electron chi connectivity index (χ3n) is 4.73. The number of para-hydroxylation sites is 2. The molecule has 0 atom stereocenters. The van der Waals surface area contributed by atoms with Crippen molar-refractivity contribution in [3.8, 4) is 11.5 Å². The quantitative estimate of drug-likeness (QED) is 0.597. The highest BCUT2D eigenvalue weighted by Gasteiger charge is 2.13. The molecule has 0 aliphatic heterocycles. The molecule has 3 rings (SSSR count). The molecular weight excluding hydrogens is 360 g/mol. The average molecular weight is 384 g/mol. The maximum absolute atomic E-state index is 12.5. The number of aryl methyl sites for hydroxylation is 1. The summed E-state index contributed by atoms with van der Waals surface area (Å²) in [5.41, 5.74) is 2.28. The normalized spacial score (nSPS) is 10.8. The van der Waals surface area contributed by atoms with Gasteiger partial charge in [-0.25, -0.2) is 4.79 Å². The van der Waals surface area contributed by atoms with Gasteiger partial charge in [0.2, 0.25) is 5.91 Å². The maximum atomic E-state index is 12.5. The molecule has 0 spiro atoms. The van der Waals surface area contributed by atoms with Crippen molar-refractivity contribution in [2.24, 2.45) is 0 Å². The molecular formula is C21H24N2O5. The average Bonchev–Trinajstić information content (AvgIpc) is 3.04. The monoisotopic (exact) mass is 384 g/mol. The number of ether oxygens (including phenoxy) is 2. The zero-order chi connectivity index (χ0) is 20.1. The SMILES string of the molecule is COc1ccc(CCN(C)C(=O)CCn2c(=O)oc3ccccc32)cc1OC. The summed E-state index contributed by atoms with van der Waals surface area (Å²) < 4.78 is 17.2. The zero-order valence-corrected chi connectivity index (χ0v) is 16.3. The number of benzene rings is 2. The maximum Gasteiger partial charge on any atom is 0.419 e. The molecule has 7 heteroatoms. The van der Waals surface area contributed by atoms with E-state index in [2.05, 4.69) is 0 Å². The van der Waals surface area contributed by atoms with Gasteiger partial charge >= 0.3 is 5.76 Å². The lowest BCUT2D eigenvalue weighted by molar-refractivity contribution is -0.130. The molecule has 28 heavy (non-hydrogen) atoms. The van der Waals surface area contributed by atoms with E-state index < -0.39 is 5.76 Å². The summed E-state index contributed by atoms with van der Waals surface area (Å²) in [6.45, 7) is 0.852. The molecule has 0 radical (unpaired) electrons. The van der Waals surface area contributed by atoms with Gasteiger partial charge in [-0.3, -0.25) is 9.36 Å². The fourth-order valence-corrected chi connectivity index (χ4v) is 3.08. The summed E-state index contributed by atoms with van der Waals surface area (Å²) in [5.74, 6) is 0.869. The van der Waals surface area contributed by atoms with Crippen LogP contribution >= 0.6 is 0 Å². The van der Waals surface area contributed by atoms with Crippen molar-refractivity contribution >= 4 is 17.0 Å². The number of methoxy groups -OCH3 is 2. The zero-order valence-electron chi connectivity index (χ0n) is 16.3. The molecule has 0 N–H and O–H groups in total. The Kier molecular flexibility index (Phi) is 6.03. The summed E-state index contributed by atoms with van der Waals surface area (Å²) in [6, 6.07) is 12.9. The Bertz CT molecular complexity index is 1020. The van der Waals surface area contributed by atoms with E-state index >= 15 is 0 Å². The second kappa shape index (κ2) is 8.65. The summed E-state index contributed by atoms with van der Waals surface area (Å²) in [5, 5.41) is 0. The van der Waals surface area contributed by atoms with Gasteiger partial charge in [0, 0.05) is 26.6 Å². The van der Waals surface area contributed by atoms with Crippen LogP contribution in [0.4, 0.5) is 0 Å². The highest BCUT2D eigenvalue weighted by atomic mass is 16.5. The minimum absolute atomic E-state index is 0.0299. The van der Waals surface area contributed by atoms with Crippen molar-refractivity contribution in [2.75, 3.05) is 27.8 Å². The number of carbonyl (C=O) groups excluding carboxylic acids is 1. The molecule has 7 nitrogen and oxygen atoms in total. The topological polar surface area (TPSA) is 73.9 Å². The number of carbonyl (C=O) groups is 1.